The molecule has 1 aliphatic rings. The maximum absolute atomic E-state index is 11.6. The number of aromatic nitrogens is 1. The van der Waals surface area contributed by atoms with Gasteiger partial charge < -0.3 is 9.72 Å². The van der Waals surface area contributed by atoms with E-state index < -0.39 is 0 Å². The number of methoxy groups -OCH3 is 1. The van der Waals surface area contributed by atoms with Crippen molar-refractivity contribution in [2.45, 2.75) is 32.3 Å². The Kier molecular flexibility index (Phi) is 2.80. The molecule has 0 radical (unpaired) electrons. The Hall–Kier alpha value is -1.60. The molecular weight excluding hydrogens is 204 g/mol. The normalized spacial score (nSPS) is 18.9. The summed E-state index contributed by atoms with van der Waals surface area (Å²) in [5, 5.41) is 8.99. The topological polar surface area (TPSA) is 65.9 Å². The molecule has 0 saturated heterocycles. The van der Waals surface area contributed by atoms with Gasteiger partial charge in [-0.1, -0.05) is 0 Å². The van der Waals surface area contributed by atoms with Crippen LogP contribution >= 0.6 is 0 Å². The second kappa shape index (κ2) is 4.11. The molecule has 0 aromatic carbocycles. The fraction of sp³-hybridized carbons (Fsp3) is 0.500. The number of nitriles is 1. The average Bonchev–Trinajstić information content (AvgIpc) is 2.29. The Bertz CT molecular complexity index is 511. The zero-order valence-electron chi connectivity index (χ0n) is 9.46. The van der Waals surface area contributed by atoms with Crippen LogP contribution in [0.5, 0.6) is 0 Å². The lowest BCUT2D eigenvalue weighted by Gasteiger charge is -2.25. The van der Waals surface area contributed by atoms with Crippen molar-refractivity contribution < 1.29 is 4.74 Å². The van der Waals surface area contributed by atoms with Gasteiger partial charge >= 0.3 is 0 Å². The predicted octanol–water partition coefficient (Wildman–Crippen LogP) is 1.06. The third kappa shape index (κ3) is 1.63. The molecule has 84 valence electrons. The van der Waals surface area contributed by atoms with Gasteiger partial charge in [0.2, 0.25) is 0 Å². The van der Waals surface area contributed by atoms with Crippen LogP contribution in [0.4, 0.5) is 0 Å². The molecule has 1 atom stereocenters. The molecule has 2 rings (SSSR count). The quantitative estimate of drug-likeness (QED) is 0.766. The molecule has 0 saturated carbocycles. The van der Waals surface area contributed by atoms with Gasteiger partial charge in [-0.2, -0.15) is 5.26 Å². The van der Waals surface area contributed by atoms with Crippen LogP contribution in [0.15, 0.2) is 4.79 Å². The minimum atomic E-state index is -0.269. The summed E-state index contributed by atoms with van der Waals surface area (Å²) >= 11 is 0. The van der Waals surface area contributed by atoms with Crippen LogP contribution in [0.1, 0.15) is 28.8 Å². The summed E-state index contributed by atoms with van der Waals surface area (Å²) in [6.07, 6.45) is 2.61. The SMILES string of the molecule is COC1CCc2c(c(C)[nH]c(=O)c2C#N)C1. The first-order valence-corrected chi connectivity index (χ1v) is 5.35. The molecule has 1 heterocycles. The smallest absolute Gasteiger partial charge is 0.266 e. The van der Waals surface area contributed by atoms with E-state index in [1.807, 2.05) is 13.0 Å². The zero-order chi connectivity index (χ0) is 11.7. The standard InChI is InChI=1S/C12H14N2O2/c1-7-10-5-8(16-2)3-4-9(10)11(6-13)12(15)14-7/h8H,3-5H2,1-2H3,(H,14,15). The maximum Gasteiger partial charge on any atom is 0.266 e. The molecule has 1 aromatic rings. The van der Waals surface area contributed by atoms with Gasteiger partial charge in [0.15, 0.2) is 0 Å². The van der Waals surface area contributed by atoms with E-state index in [1.54, 1.807) is 7.11 Å². The lowest BCUT2D eigenvalue weighted by molar-refractivity contribution is 0.0907. The highest BCUT2D eigenvalue weighted by Gasteiger charge is 2.24. The van der Waals surface area contributed by atoms with Crippen molar-refractivity contribution in [2.75, 3.05) is 7.11 Å². The third-order valence-corrected chi connectivity index (χ3v) is 3.24. The number of aryl methyl sites for hydroxylation is 1. The molecule has 1 unspecified atom stereocenters. The van der Waals surface area contributed by atoms with Crippen LogP contribution in [0, 0.1) is 18.3 Å². The fourth-order valence-electron chi connectivity index (χ4n) is 2.33. The molecule has 16 heavy (non-hydrogen) atoms. The van der Waals surface area contributed by atoms with Gasteiger partial charge in [-0.05, 0) is 30.9 Å². The van der Waals surface area contributed by atoms with E-state index in [1.165, 1.54) is 0 Å². The first-order chi connectivity index (χ1) is 7.67. The first kappa shape index (κ1) is 10.9. The van der Waals surface area contributed by atoms with Crippen molar-refractivity contribution in [3.8, 4) is 6.07 Å². The van der Waals surface area contributed by atoms with Crippen molar-refractivity contribution in [3.05, 3.63) is 32.7 Å². The van der Waals surface area contributed by atoms with Gasteiger partial charge in [0.05, 0.1) is 6.10 Å². The summed E-state index contributed by atoms with van der Waals surface area (Å²) in [5.74, 6) is 0. The van der Waals surface area contributed by atoms with Gasteiger partial charge in [0, 0.05) is 19.2 Å². The Morgan fingerprint density at radius 1 is 1.50 bits per heavy atom. The molecule has 0 bridgehead atoms. The molecule has 0 amide bonds. The molecule has 1 aliphatic carbocycles. The van der Waals surface area contributed by atoms with Crippen LogP contribution in [0.25, 0.3) is 0 Å². The van der Waals surface area contributed by atoms with Gasteiger partial charge in [0.1, 0.15) is 11.6 Å². The fourth-order valence-corrected chi connectivity index (χ4v) is 2.33. The van der Waals surface area contributed by atoms with Crippen LogP contribution in [0.2, 0.25) is 0 Å². The lowest BCUT2D eigenvalue weighted by Crippen LogP contribution is -2.27. The number of nitrogens with one attached hydrogen (secondary N) is 1. The van der Waals surface area contributed by atoms with Crippen LogP contribution in [-0.4, -0.2) is 18.2 Å². The van der Waals surface area contributed by atoms with Gasteiger partial charge in [-0.3, -0.25) is 4.79 Å². The molecule has 0 spiro atoms. The second-order valence-electron chi connectivity index (χ2n) is 4.12. The van der Waals surface area contributed by atoms with Gasteiger partial charge in [-0.15, -0.1) is 0 Å². The monoisotopic (exact) mass is 218 g/mol. The van der Waals surface area contributed by atoms with E-state index in [0.29, 0.717) is 0 Å². The molecule has 0 aliphatic heterocycles. The number of ether oxygens (including phenoxy) is 1. The zero-order valence-corrected chi connectivity index (χ0v) is 9.46. The second-order valence-corrected chi connectivity index (χ2v) is 4.12. The lowest BCUT2D eigenvalue weighted by atomic mass is 9.86. The summed E-state index contributed by atoms with van der Waals surface area (Å²) in [6.45, 7) is 1.87. The van der Waals surface area contributed by atoms with Crippen molar-refractivity contribution in [3.63, 3.8) is 0 Å². The Morgan fingerprint density at radius 3 is 2.88 bits per heavy atom. The Morgan fingerprint density at radius 2 is 2.25 bits per heavy atom. The largest absolute Gasteiger partial charge is 0.381 e. The summed E-state index contributed by atoms with van der Waals surface area (Å²) in [4.78, 5) is 14.3. The number of hydrogen-bond acceptors (Lipinski definition) is 3. The number of aromatic amines is 1. The summed E-state index contributed by atoms with van der Waals surface area (Å²) < 4.78 is 5.33. The highest BCUT2D eigenvalue weighted by atomic mass is 16.5. The van der Waals surface area contributed by atoms with E-state index in [4.69, 9.17) is 10.00 Å². The van der Waals surface area contributed by atoms with Crippen molar-refractivity contribution >= 4 is 0 Å². The summed E-state index contributed by atoms with van der Waals surface area (Å²) in [6, 6.07) is 2.00. The van der Waals surface area contributed by atoms with E-state index in [2.05, 4.69) is 4.98 Å². The van der Waals surface area contributed by atoms with Gasteiger partial charge in [-0.25, -0.2) is 0 Å². The number of pyridine rings is 1. The van der Waals surface area contributed by atoms with Crippen LogP contribution < -0.4 is 5.56 Å². The van der Waals surface area contributed by atoms with Crippen molar-refractivity contribution in [2.24, 2.45) is 0 Å². The van der Waals surface area contributed by atoms with E-state index >= 15 is 0 Å². The van der Waals surface area contributed by atoms with E-state index in [-0.39, 0.29) is 17.2 Å². The molecule has 4 heteroatoms. The number of fused-ring (bicyclic) bond motifs is 1. The number of nitrogens with zero attached hydrogens (tertiary/aromatic N) is 1. The Labute approximate surface area is 93.9 Å². The molecule has 1 N–H and O–H groups in total. The molecule has 1 aromatic heterocycles. The van der Waals surface area contributed by atoms with Crippen molar-refractivity contribution in [1.29, 1.82) is 5.26 Å². The van der Waals surface area contributed by atoms with Gasteiger partial charge in [0.25, 0.3) is 5.56 Å². The maximum atomic E-state index is 11.6. The van der Waals surface area contributed by atoms with E-state index in [9.17, 15) is 4.79 Å². The minimum Gasteiger partial charge on any atom is -0.381 e. The summed E-state index contributed by atoms with van der Waals surface area (Å²) in [7, 11) is 1.70. The number of H-pyrrole nitrogens is 1. The third-order valence-electron chi connectivity index (χ3n) is 3.24. The molecule has 0 fully saturated rings. The average molecular weight is 218 g/mol. The van der Waals surface area contributed by atoms with Crippen molar-refractivity contribution in [1.82, 2.24) is 4.98 Å². The highest BCUT2D eigenvalue weighted by Crippen LogP contribution is 2.25. The summed E-state index contributed by atoms with van der Waals surface area (Å²) in [5.41, 5.74) is 2.86. The van der Waals surface area contributed by atoms with Crippen LogP contribution in [0.3, 0.4) is 0 Å². The molecular formula is C12H14N2O2. The minimum absolute atomic E-state index is 0.198. The molecule has 4 nitrogen and oxygen atoms in total. The number of rotatable bonds is 1. The predicted molar refractivity (Wildman–Crippen MR) is 59.3 cm³/mol. The first-order valence-electron chi connectivity index (χ1n) is 5.35. The number of hydrogen-bond donors (Lipinski definition) is 1. The highest BCUT2D eigenvalue weighted by molar-refractivity contribution is 5.44. The Balaban J connectivity index is 2.58. The van der Waals surface area contributed by atoms with Crippen LogP contribution in [-0.2, 0) is 17.6 Å². The van der Waals surface area contributed by atoms with E-state index in [0.717, 1.165) is 36.1 Å².